The number of amides is 1. The van der Waals surface area contributed by atoms with Crippen molar-refractivity contribution in [1.82, 2.24) is 9.88 Å². The second kappa shape index (κ2) is 9.27. The minimum absolute atomic E-state index is 0.165. The van der Waals surface area contributed by atoms with Gasteiger partial charge in [-0.1, -0.05) is 48.0 Å². The zero-order chi connectivity index (χ0) is 21.1. The summed E-state index contributed by atoms with van der Waals surface area (Å²) in [5.74, 6) is -0.165. The van der Waals surface area contributed by atoms with Gasteiger partial charge in [-0.05, 0) is 31.5 Å². The minimum Gasteiger partial charge on any atom is -0.373 e. The van der Waals surface area contributed by atoms with E-state index in [4.69, 9.17) is 16.3 Å². The molecular weight excluding hydrogens is 418 g/mol. The number of carbonyl (C=O) groups is 1. The van der Waals surface area contributed by atoms with E-state index in [9.17, 15) is 4.79 Å². The van der Waals surface area contributed by atoms with Gasteiger partial charge in [0.1, 0.15) is 9.88 Å². The monoisotopic (exact) mass is 441 g/mol. The van der Waals surface area contributed by atoms with Crippen LogP contribution in [0.25, 0.3) is 10.6 Å². The van der Waals surface area contributed by atoms with Crippen molar-refractivity contribution in [2.45, 2.75) is 32.6 Å². The van der Waals surface area contributed by atoms with Gasteiger partial charge in [0.05, 0.1) is 23.4 Å². The highest BCUT2D eigenvalue weighted by Crippen LogP contribution is 2.31. The van der Waals surface area contributed by atoms with Crippen LogP contribution in [0.15, 0.2) is 54.7 Å². The molecule has 1 N–H and O–H groups in total. The highest BCUT2D eigenvalue weighted by atomic mass is 35.5. The first-order valence-electron chi connectivity index (χ1n) is 9.97. The summed E-state index contributed by atoms with van der Waals surface area (Å²) in [5, 5.41) is 4.41. The lowest BCUT2D eigenvalue weighted by atomic mass is 10.1. The van der Waals surface area contributed by atoms with Crippen molar-refractivity contribution >= 4 is 34.5 Å². The van der Waals surface area contributed by atoms with Gasteiger partial charge in [-0.3, -0.25) is 9.69 Å². The molecule has 2 atom stereocenters. The van der Waals surface area contributed by atoms with Crippen LogP contribution >= 0.6 is 22.9 Å². The minimum atomic E-state index is -0.165. The van der Waals surface area contributed by atoms with Crippen molar-refractivity contribution in [1.29, 1.82) is 0 Å². The fourth-order valence-electron chi connectivity index (χ4n) is 3.76. The fraction of sp³-hybridized carbons (Fsp3) is 0.304. The van der Waals surface area contributed by atoms with Gasteiger partial charge in [-0.2, -0.15) is 0 Å². The number of thiazole rings is 1. The lowest BCUT2D eigenvalue weighted by Crippen LogP contribution is -2.44. The topological polar surface area (TPSA) is 54.5 Å². The number of carbonyl (C=O) groups excluding carboxylic acids is 1. The molecule has 1 amide bonds. The SMILES string of the molecule is CC1CN(Cc2ccccc2NC(=O)c2cnc(-c3ccccc3Cl)s2)CC(C)O1. The molecule has 30 heavy (non-hydrogen) atoms. The van der Waals surface area contributed by atoms with E-state index in [1.807, 2.05) is 42.5 Å². The molecule has 2 aromatic carbocycles. The zero-order valence-electron chi connectivity index (χ0n) is 17.0. The summed E-state index contributed by atoms with van der Waals surface area (Å²) in [6.07, 6.45) is 2.01. The molecule has 5 nitrogen and oxygen atoms in total. The van der Waals surface area contributed by atoms with E-state index < -0.39 is 0 Å². The first kappa shape index (κ1) is 21.0. The molecule has 0 radical (unpaired) electrons. The lowest BCUT2D eigenvalue weighted by Gasteiger charge is -2.35. The predicted molar refractivity (Wildman–Crippen MR) is 122 cm³/mol. The number of hydrogen-bond acceptors (Lipinski definition) is 5. The molecule has 2 unspecified atom stereocenters. The van der Waals surface area contributed by atoms with Gasteiger partial charge in [0.25, 0.3) is 5.91 Å². The highest BCUT2D eigenvalue weighted by Gasteiger charge is 2.23. The zero-order valence-corrected chi connectivity index (χ0v) is 18.5. The number of nitrogens with zero attached hydrogens (tertiary/aromatic N) is 2. The van der Waals surface area contributed by atoms with Crippen LogP contribution in [-0.4, -0.2) is 41.1 Å². The third kappa shape index (κ3) is 4.90. The van der Waals surface area contributed by atoms with Gasteiger partial charge in [-0.15, -0.1) is 11.3 Å². The molecule has 0 spiro atoms. The van der Waals surface area contributed by atoms with Crippen molar-refractivity contribution in [2.24, 2.45) is 0 Å². The Balaban J connectivity index is 1.49. The van der Waals surface area contributed by atoms with Gasteiger partial charge >= 0.3 is 0 Å². The Kier molecular flexibility index (Phi) is 6.49. The molecule has 4 rings (SSSR count). The van der Waals surface area contributed by atoms with Crippen molar-refractivity contribution in [2.75, 3.05) is 18.4 Å². The Hall–Kier alpha value is -2.25. The van der Waals surface area contributed by atoms with Crippen molar-refractivity contribution in [3.05, 3.63) is 70.2 Å². The maximum Gasteiger partial charge on any atom is 0.267 e. The third-order valence-electron chi connectivity index (χ3n) is 4.99. The van der Waals surface area contributed by atoms with Crippen LogP contribution in [0.1, 0.15) is 29.1 Å². The Morgan fingerprint density at radius 2 is 1.87 bits per heavy atom. The summed E-state index contributed by atoms with van der Waals surface area (Å²) in [4.78, 5) is 20.2. The Bertz CT molecular complexity index is 1030. The molecule has 1 aliphatic heterocycles. The molecule has 1 fully saturated rings. The van der Waals surface area contributed by atoms with Gasteiger partial charge in [-0.25, -0.2) is 4.98 Å². The van der Waals surface area contributed by atoms with E-state index in [1.165, 1.54) is 11.3 Å². The molecule has 0 saturated carbocycles. The quantitative estimate of drug-likeness (QED) is 0.581. The number of morpholine rings is 1. The average Bonchev–Trinajstić information content (AvgIpc) is 3.19. The molecule has 3 aromatic rings. The summed E-state index contributed by atoms with van der Waals surface area (Å²) in [7, 11) is 0. The third-order valence-corrected chi connectivity index (χ3v) is 6.35. The Morgan fingerprint density at radius 1 is 1.17 bits per heavy atom. The summed E-state index contributed by atoms with van der Waals surface area (Å²) >= 11 is 7.60. The summed E-state index contributed by atoms with van der Waals surface area (Å²) in [6.45, 7) is 6.71. The maximum absolute atomic E-state index is 12.9. The Morgan fingerprint density at radius 3 is 2.63 bits per heavy atom. The van der Waals surface area contributed by atoms with Crippen LogP contribution < -0.4 is 5.32 Å². The molecule has 156 valence electrons. The van der Waals surface area contributed by atoms with E-state index in [2.05, 4.69) is 35.1 Å². The largest absolute Gasteiger partial charge is 0.373 e. The smallest absolute Gasteiger partial charge is 0.267 e. The van der Waals surface area contributed by atoms with Crippen LogP contribution in [0, 0.1) is 0 Å². The molecule has 1 aromatic heterocycles. The Labute approximate surface area is 185 Å². The number of aromatic nitrogens is 1. The number of rotatable bonds is 5. The normalized spacial score (nSPS) is 19.6. The summed E-state index contributed by atoms with van der Waals surface area (Å²) in [5.41, 5.74) is 2.74. The van der Waals surface area contributed by atoms with E-state index in [1.54, 1.807) is 6.20 Å². The molecule has 1 saturated heterocycles. The average molecular weight is 442 g/mol. The fourth-order valence-corrected chi connectivity index (χ4v) is 4.89. The van der Waals surface area contributed by atoms with E-state index in [-0.39, 0.29) is 18.1 Å². The van der Waals surface area contributed by atoms with E-state index in [0.717, 1.165) is 41.5 Å². The van der Waals surface area contributed by atoms with Crippen LogP contribution in [0.3, 0.4) is 0 Å². The maximum atomic E-state index is 12.9. The molecule has 0 aliphatic carbocycles. The summed E-state index contributed by atoms with van der Waals surface area (Å²) < 4.78 is 5.83. The number of ether oxygens (including phenoxy) is 1. The number of hydrogen-bond donors (Lipinski definition) is 1. The molecule has 7 heteroatoms. The molecule has 1 aliphatic rings. The van der Waals surface area contributed by atoms with Crippen LogP contribution in [0.5, 0.6) is 0 Å². The number of halogens is 1. The second-order valence-corrected chi connectivity index (χ2v) is 9.01. The van der Waals surface area contributed by atoms with Crippen LogP contribution in [0.4, 0.5) is 5.69 Å². The van der Waals surface area contributed by atoms with E-state index in [0.29, 0.717) is 9.90 Å². The second-order valence-electron chi connectivity index (χ2n) is 7.57. The lowest BCUT2D eigenvalue weighted by molar-refractivity contribution is -0.0704. The molecular formula is C23H24ClN3O2S. The van der Waals surface area contributed by atoms with E-state index >= 15 is 0 Å². The first-order valence-corrected chi connectivity index (χ1v) is 11.2. The standard InChI is InChI=1S/C23H24ClN3O2S/c1-15-12-27(13-16(2)29-15)14-17-7-3-6-10-20(17)26-22(28)21-11-25-23(30-21)18-8-4-5-9-19(18)24/h3-11,15-16H,12-14H2,1-2H3,(H,26,28). The van der Waals surface area contributed by atoms with Crippen LogP contribution in [-0.2, 0) is 11.3 Å². The predicted octanol–water partition coefficient (Wildman–Crippen LogP) is 5.33. The van der Waals surface area contributed by atoms with Crippen molar-refractivity contribution in [3.8, 4) is 10.6 Å². The van der Waals surface area contributed by atoms with Gasteiger partial charge in [0, 0.05) is 30.9 Å². The van der Waals surface area contributed by atoms with Crippen molar-refractivity contribution < 1.29 is 9.53 Å². The molecule has 2 heterocycles. The van der Waals surface area contributed by atoms with Gasteiger partial charge < -0.3 is 10.1 Å². The number of para-hydroxylation sites is 1. The van der Waals surface area contributed by atoms with Crippen LogP contribution in [0.2, 0.25) is 5.02 Å². The van der Waals surface area contributed by atoms with Gasteiger partial charge in [0.2, 0.25) is 0 Å². The summed E-state index contributed by atoms with van der Waals surface area (Å²) in [6, 6.07) is 15.4. The van der Waals surface area contributed by atoms with Gasteiger partial charge in [0.15, 0.2) is 0 Å². The van der Waals surface area contributed by atoms with Crippen molar-refractivity contribution in [3.63, 3.8) is 0 Å². The number of benzene rings is 2. The first-order chi connectivity index (χ1) is 14.5. The number of nitrogens with one attached hydrogen (secondary N) is 1. The molecule has 0 bridgehead atoms. The highest BCUT2D eigenvalue weighted by molar-refractivity contribution is 7.17. The number of anilines is 1.